The topological polar surface area (TPSA) is 66.4 Å². The van der Waals surface area contributed by atoms with Gasteiger partial charge in [-0.3, -0.25) is 4.79 Å². The molecule has 2 aromatic rings. The Labute approximate surface area is 151 Å². The fraction of sp³-hybridized carbons (Fsp3) is 0.333. The van der Waals surface area contributed by atoms with Gasteiger partial charge in [-0.2, -0.15) is 0 Å². The van der Waals surface area contributed by atoms with Crippen LogP contribution in [0.5, 0.6) is 0 Å². The number of fused-ring (bicyclic) bond motifs is 1. The van der Waals surface area contributed by atoms with E-state index < -0.39 is 5.97 Å². The Balaban J connectivity index is 1.58. The highest BCUT2D eigenvalue weighted by Gasteiger charge is 2.28. The van der Waals surface area contributed by atoms with Crippen molar-refractivity contribution in [2.75, 3.05) is 0 Å². The lowest BCUT2D eigenvalue weighted by atomic mass is 9.86. The van der Waals surface area contributed by atoms with E-state index in [0.717, 1.165) is 43.2 Å². The predicted octanol–water partition coefficient (Wildman–Crippen LogP) is 4.21. The number of carboxylic acids is 1. The summed E-state index contributed by atoms with van der Waals surface area (Å²) in [5.41, 5.74) is 3.24. The van der Waals surface area contributed by atoms with Crippen molar-refractivity contribution < 1.29 is 19.1 Å². The fourth-order valence-electron chi connectivity index (χ4n) is 3.72. The first-order valence-corrected chi connectivity index (χ1v) is 8.99. The minimum absolute atomic E-state index is 0.222. The number of nitrogens with one attached hydrogen (secondary N) is 1. The molecule has 1 atom stereocenters. The number of carbonyl (C=O) groups excluding carboxylic acids is 1. The number of aryl methyl sites for hydroxylation is 1. The average Bonchev–Trinajstić information content (AvgIpc) is 3.47. The molecule has 4 rings (SSSR count). The van der Waals surface area contributed by atoms with Crippen molar-refractivity contribution in [3.05, 3.63) is 70.0 Å². The van der Waals surface area contributed by atoms with Crippen LogP contribution in [-0.2, 0) is 6.42 Å². The van der Waals surface area contributed by atoms with Gasteiger partial charge in [-0.1, -0.05) is 6.07 Å². The number of rotatable bonds is 4. The summed E-state index contributed by atoms with van der Waals surface area (Å²) < 4.78 is 13.9. The van der Waals surface area contributed by atoms with Crippen molar-refractivity contribution in [1.29, 1.82) is 0 Å². The zero-order valence-corrected chi connectivity index (χ0v) is 14.3. The van der Waals surface area contributed by atoms with Crippen LogP contribution in [0.4, 0.5) is 4.39 Å². The van der Waals surface area contributed by atoms with E-state index >= 15 is 0 Å². The maximum atomic E-state index is 13.9. The van der Waals surface area contributed by atoms with E-state index in [0.29, 0.717) is 11.1 Å². The Morgan fingerprint density at radius 1 is 1.00 bits per heavy atom. The molecular weight excluding hydrogens is 333 g/mol. The van der Waals surface area contributed by atoms with Gasteiger partial charge in [-0.15, -0.1) is 0 Å². The molecule has 0 radical (unpaired) electrons. The Morgan fingerprint density at radius 3 is 2.46 bits per heavy atom. The minimum atomic E-state index is -0.976. The molecule has 4 nitrogen and oxygen atoms in total. The van der Waals surface area contributed by atoms with Gasteiger partial charge in [0.25, 0.3) is 5.91 Å². The zero-order valence-electron chi connectivity index (χ0n) is 14.3. The number of carbonyl (C=O) groups is 2. The summed E-state index contributed by atoms with van der Waals surface area (Å²) >= 11 is 0. The van der Waals surface area contributed by atoms with Crippen molar-refractivity contribution >= 4 is 11.9 Å². The Hall–Kier alpha value is -2.69. The number of carboxylic acid groups (broad SMARTS) is 1. The van der Waals surface area contributed by atoms with E-state index in [1.54, 1.807) is 18.2 Å². The van der Waals surface area contributed by atoms with Crippen LogP contribution in [0.15, 0.2) is 36.4 Å². The number of aromatic carboxylic acids is 1. The number of benzene rings is 2. The molecule has 2 aromatic carbocycles. The number of amides is 1. The lowest BCUT2D eigenvalue weighted by Gasteiger charge is -2.27. The van der Waals surface area contributed by atoms with Gasteiger partial charge in [0.1, 0.15) is 5.82 Å². The van der Waals surface area contributed by atoms with E-state index in [4.69, 9.17) is 0 Å². The molecule has 1 fully saturated rings. The Bertz CT molecular complexity index is 889. The molecule has 0 spiro atoms. The first-order chi connectivity index (χ1) is 12.5. The lowest BCUT2D eigenvalue weighted by molar-refractivity contribution is 0.0696. The molecule has 134 valence electrons. The summed E-state index contributed by atoms with van der Waals surface area (Å²) in [5.74, 6) is -1.24. The van der Waals surface area contributed by atoms with Crippen molar-refractivity contribution in [3.8, 4) is 0 Å². The predicted molar refractivity (Wildman–Crippen MR) is 94.9 cm³/mol. The van der Waals surface area contributed by atoms with Crippen molar-refractivity contribution in [2.45, 2.75) is 44.1 Å². The Morgan fingerprint density at radius 2 is 1.73 bits per heavy atom. The van der Waals surface area contributed by atoms with Crippen LogP contribution in [0.3, 0.4) is 0 Å². The first-order valence-electron chi connectivity index (χ1n) is 8.99. The molecule has 2 aliphatic rings. The molecule has 1 unspecified atom stereocenters. The molecule has 2 aliphatic carbocycles. The minimum Gasteiger partial charge on any atom is -0.478 e. The fourth-order valence-corrected chi connectivity index (χ4v) is 3.72. The van der Waals surface area contributed by atoms with Crippen LogP contribution < -0.4 is 5.32 Å². The SMILES string of the molecule is O=C(O)c1ccc2c(c1)C(NC(=O)c1ccc(F)c(C3CC3)c1)CCC2. The van der Waals surface area contributed by atoms with E-state index in [-0.39, 0.29) is 29.2 Å². The van der Waals surface area contributed by atoms with E-state index in [1.165, 1.54) is 12.1 Å². The highest BCUT2D eigenvalue weighted by molar-refractivity contribution is 5.95. The molecular formula is C21H20FNO3. The van der Waals surface area contributed by atoms with Gasteiger partial charge in [0.05, 0.1) is 11.6 Å². The van der Waals surface area contributed by atoms with Crippen LogP contribution in [0.2, 0.25) is 0 Å². The molecule has 5 heteroatoms. The summed E-state index contributed by atoms with van der Waals surface area (Å²) in [5, 5.41) is 12.2. The highest BCUT2D eigenvalue weighted by atomic mass is 19.1. The number of halogens is 1. The van der Waals surface area contributed by atoms with E-state index in [1.807, 2.05) is 6.07 Å². The van der Waals surface area contributed by atoms with Crippen LogP contribution in [0, 0.1) is 5.82 Å². The summed E-state index contributed by atoms with van der Waals surface area (Å²) in [6, 6.07) is 9.39. The van der Waals surface area contributed by atoms with Gasteiger partial charge in [0.15, 0.2) is 0 Å². The van der Waals surface area contributed by atoms with Crippen molar-refractivity contribution in [1.82, 2.24) is 5.32 Å². The van der Waals surface area contributed by atoms with Crippen LogP contribution in [0.1, 0.15) is 75.0 Å². The van der Waals surface area contributed by atoms with Crippen LogP contribution >= 0.6 is 0 Å². The van der Waals surface area contributed by atoms with Crippen molar-refractivity contribution in [3.63, 3.8) is 0 Å². The third-order valence-corrected chi connectivity index (χ3v) is 5.29. The van der Waals surface area contributed by atoms with E-state index in [2.05, 4.69) is 5.32 Å². The van der Waals surface area contributed by atoms with Gasteiger partial charge in [-0.05, 0) is 85.0 Å². The van der Waals surface area contributed by atoms with E-state index in [9.17, 15) is 19.1 Å². The second kappa shape index (κ2) is 6.56. The summed E-state index contributed by atoms with van der Waals surface area (Å²) in [6.07, 6.45) is 4.51. The molecule has 0 aromatic heterocycles. The quantitative estimate of drug-likeness (QED) is 0.865. The second-order valence-corrected chi connectivity index (χ2v) is 7.15. The number of hydrogen-bond donors (Lipinski definition) is 2. The molecule has 0 heterocycles. The summed E-state index contributed by atoms with van der Waals surface area (Å²) in [6.45, 7) is 0. The van der Waals surface area contributed by atoms with Crippen LogP contribution in [-0.4, -0.2) is 17.0 Å². The van der Waals surface area contributed by atoms with Gasteiger partial charge < -0.3 is 10.4 Å². The molecule has 0 aliphatic heterocycles. The molecule has 1 saturated carbocycles. The molecule has 2 N–H and O–H groups in total. The Kier molecular flexibility index (Phi) is 4.23. The highest BCUT2D eigenvalue weighted by Crippen LogP contribution is 2.41. The monoisotopic (exact) mass is 353 g/mol. The average molecular weight is 353 g/mol. The zero-order chi connectivity index (χ0) is 18.3. The summed E-state index contributed by atoms with van der Waals surface area (Å²) in [4.78, 5) is 24.0. The largest absolute Gasteiger partial charge is 0.478 e. The maximum absolute atomic E-state index is 13.9. The van der Waals surface area contributed by atoms with Gasteiger partial charge in [0, 0.05) is 5.56 Å². The van der Waals surface area contributed by atoms with Crippen LogP contribution in [0.25, 0.3) is 0 Å². The normalized spacial score (nSPS) is 18.9. The van der Waals surface area contributed by atoms with Gasteiger partial charge in [-0.25, -0.2) is 9.18 Å². The number of hydrogen-bond acceptors (Lipinski definition) is 2. The smallest absolute Gasteiger partial charge is 0.335 e. The third kappa shape index (κ3) is 3.21. The maximum Gasteiger partial charge on any atom is 0.335 e. The third-order valence-electron chi connectivity index (χ3n) is 5.29. The molecule has 0 saturated heterocycles. The van der Waals surface area contributed by atoms with Gasteiger partial charge in [0.2, 0.25) is 0 Å². The molecule has 0 bridgehead atoms. The van der Waals surface area contributed by atoms with Gasteiger partial charge >= 0.3 is 5.97 Å². The molecule has 1 amide bonds. The first kappa shape index (κ1) is 16.8. The van der Waals surface area contributed by atoms with Crippen molar-refractivity contribution in [2.24, 2.45) is 0 Å². The lowest BCUT2D eigenvalue weighted by Crippen LogP contribution is -2.31. The standard InChI is InChI=1S/C21H20FNO3/c22-18-9-8-14(10-16(18)13-4-5-13)20(24)23-19-3-1-2-12-6-7-15(21(25)26)11-17(12)19/h6-11,13,19H,1-5H2,(H,23,24)(H,25,26). The molecule has 26 heavy (non-hydrogen) atoms. The second-order valence-electron chi connectivity index (χ2n) is 7.15. The summed E-state index contributed by atoms with van der Waals surface area (Å²) in [7, 11) is 0.